The molecule has 2 heterocycles. The van der Waals surface area contributed by atoms with Crippen LogP contribution in [0.1, 0.15) is 29.1 Å². The van der Waals surface area contributed by atoms with E-state index in [4.69, 9.17) is 4.52 Å². The largest absolute Gasteiger partial charge is 0.339 e. The van der Waals surface area contributed by atoms with Crippen molar-refractivity contribution in [1.29, 1.82) is 0 Å². The molecule has 1 aliphatic heterocycles. The Morgan fingerprint density at radius 2 is 1.89 bits per heavy atom. The number of benzene rings is 1. The highest BCUT2D eigenvalue weighted by molar-refractivity contribution is 5.94. The van der Waals surface area contributed by atoms with Crippen LogP contribution in [0.5, 0.6) is 0 Å². The molecular formula is C14H15N3O2. The Balaban J connectivity index is 1.80. The van der Waals surface area contributed by atoms with Crippen LogP contribution >= 0.6 is 0 Å². The van der Waals surface area contributed by atoms with Crippen molar-refractivity contribution in [3.8, 4) is 11.4 Å². The molecule has 0 bridgehead atoms. The topological polar surface area (TPSA) is 59.2 Å². The minimum absolute atomic E-state index is 0.105. The van der Waals surface area contributed by atoms with Crippen molar-refractivity contribution in [2.24, 2.45) is 0 Å². The van der Waals surface area contributed by atoms with Crippen molar-refractivity contribution in [1.82, 2.24) is 15.0 Å². The molecule has 5 heteroatoms. The maximum Gasteiger partial charge on any atom is 0.253 e. The molecule has 19 heavy (non-hydrogen) atoms. The van der Waals surface area contributed by atoms with E-state index >= 15 is 0 Å². The first-order chi connectivity index (χ1) is 9.24. The molecule has 2 aromatic rings. The Labute approximate surface area is 111 Å². The molecule has 1 amide bonds. The summed E-state index contributed by atoms with van der Waals surface area (Å²) in [6.07, 6.45) is 2.21. The second kappa shape index (κ2) is 4.84. The van der Waals surface area contributed by atoms with E-state index in [9.17, 15) is 4.79 Å². The summed E-state index contributed by atoms with van der Waals surface area (Å²) in [5.74, 6) is 1.19. The summed E-state index contributed by atoms with van der Waals surface area (Å²) >= 11 is 0. The lowest BCUT2D eigenvalue weighted by Gasteiger charge is -2.15. The summed E-state index contributed by atoms with van der Waals surface area (Å²) in [4.78, 5) is 18.2. The Kier molecular flexibility index (Phi) is 3.03. The average Bonchev–Trinajstić information content (AvgIpc) is 3.09. The van der Waals surface area contributed by atoms with Gasteiger partial charge in [0, 0.05) is 31.1 Å². The molecule has 0 atom stereocenters. The van der Waals surface area contributed by atoms with Crippen LogP contribution in [0, 0.1) is 6.92 Å². The number of carbonyl (C=O) groups is 1. The lowest BCUT2D eigenvalue weighted by molar-refractivity contribution is 0.0793. The predicted octanol–water partition coefficient (Wildman–Crippen LogP) is 2.28. The molecule has 1 aromatic heterocycles. The van der Waals surface area contributed by atoms with Gasteiger partial charge in [-0.2, -0.15) is 4.98 Å². The first-order valence-electron chi connectivity index (χ1n) is 6.44. The highest BCUT2D eigenvalue weighted by Crippen LogP contribution is 2.18. The van der Waals surface area contributed by atoms with Gasteiger partial charge in [-0.05, 0) is 25.0 Å². The van der Waals surface area contributed by atoms with Crippen molar-refractivity contribution >= 4 is 5.91 Å². The van der Waals surface area contributed by atoms with Gasteiger partial charge in [-0.25, -0.2) is 0 Å². The van der Waals surface area contributed by atoms with Gasteiger partial charge < -0.3 is 9.42 Å². The summed E-state index contributed by atoms with van der Waals surface area (Å²) in [5.41, 5.74) is 1.57. The summed E-state index contributed by atoms with van der Waals surface area (Å²) in [6.45, 7) is 3.48. The van der Waals surface area contributed by atoms with Crippen LogP contribution in [-0.2, 0) is 0 Å². The van der Waals surface area contributed by atoms with Crippen molar-refractivity contribution in [2.45, 2.75) is 19.8 Å². The van der Waals surface area contributed by atoms with Crippen molar-refractivity contribution < 1.29 is 9.32 Å². The summed E-state index contributed by atoms with van der Waals surface area (Å²) < 4.78 is 4.94. The Morgan fingerprint density at radius 3 is 2.47 bits per heavy atom. The standard InChI is InChI=1S/C14H15N3O2/c1-10-15-13(16-19-10)11-4-6-12(7-5-11)14(18)17-8-2-3-9-17/h4-7H,2-3,8-9H2,1H3. The number of aryl methyl sites for hydroxylation is 1. The first kappa shape index (κ1) is 11.9. The van der Waals surface area contributed by atoms with Gasteiger partial charge >= 0.3 is 0 Å². The third-order valence-corrected chi connectivity index (χ3v) is 3.31. The third kappa shape index (κ3) is 2.36. The smallest absolute Gasteiger partial charge is 0.253 e. The van der Waals surface area contributed by atoms with Crippen LogP contribution in [0.25, 0.3) is 11.4 Å². The van der Waals surface area contributed by atoms with E-state index < -0.39 is 0 Å². The fourth-order valence-corrected chi connectivity index (χ4v) is 2.28. The van der Waals surface area contributed by atoms with Gasteiger partial charge in [-0.3, -0.25) is 4.79 Å². The van der Waals surface area contributed by atoms with Crippen LogP contribution in [0.2, 0.25) is 0 Å². The zero-order valence-electron chi connectivity index (χ0n) is 10.8. The zero-order chi connectivity index (χ0) is 13.2. The fourth-order valence-electron chi connectivity index (χ4n) is 2.28. The summed E-state index contributed by atoms with van der Waals surface area (Å²) in [7, 11) is 0. The molecule has 0 N–H and O–H groups in total. The number of likely N-dealkylation sites (tertiary alicyclic amines) is 1. The number of aromatic nitrogens is 2. The molecule has 98 valence electrons. The van der Waals surface area contributed by atoms with Gasteiger partial charge in [-0.1, -0.05) is 17.3 Å². The molecule has 5 nitrogen and oxygen atoms in total. The third-order valence-electron chi connectivity index (χ3n) is 3.31. The molecule has 0 unspecified atom stereocenters. The van der Waals surface area contributed by atoms with Crippen molar-refractivity contribution in [3.05, 3.63) is 35.7 Å². The molecule has 3 rings (SSSR count). The normalized spacial score (nSPS) is 14.9. The highest BCUT2D eigenvalue weighted by Gasteiger charge is 2.19. The van der Waals surface area contributed by atoms with Crippen LogP contribution in [0.4, 0.5) is 0 Å². The second-order valence-electron chi connectivity index (χ2n) is 4.71. The number of nitrogens with zero attached hydrogens (tertiary/aromatic N) is 3. The van der Waals surface area contributed by atoms with Crippen molar-refractivity contribution in [3.63, 3.8) is 0 Å². The number of hydrogen-bond acceptors (Lipinski definition) is 4. The van der Waals surface area contributed by atoms with E-state index in [1.165, 1.54) is 0 Å². The van der Waals surface area contributed by atoms with E-state index in [-0.39, 0.29) is 5.91 Å². The molecule has 1 fully saturated rings. The summed E-state index contributed by atoms with van der Waals surface area (Å²) in [6, 6.07) is 7.35. The molecular weight excluding hydrogens is 242 g/mol. The Bertz CT molecular complexity index is 583. The monoisotopic (exact) mass is 257 g/mol. The second-order valence-corrected chi connectivity index (χ2v) is 4.71. The number of carbonyl (C=O) groups excluding carboxylic acids is 1. The average molecular weight is 257 g/mol. The number of hydrogen-bond donors (Lipinski definition) is 0. The van der Waals surface area contributed by atoms with Crippen LogP contribution in [0.3, 0.4) is 0 Å². The zero-order valence-corrected chi connectivity index (χ0v) is 10.8. The lowest BCUT2D eigenvalue weighted by atomic mass is 10.1. The number of amides is 1. The Morgan fingerprint density at radius 1 is 1.21 bits per heavy atom. The Hall–Kier alpha value is -2.17. The predicted molar refractivity (Wildman–Crippen MR) is 69.6 cm³/mol. The van der Waals surface area contributed by atoms with Crippen LogP contribution in [-0.4, -0.2) is 34.0 Å². The van der Waals surface area contributed by atoms with E-state index in [2.05, 4.69) is 10.1 Å². The molecule has 0 radical (unpaired) electrons. The van der Waals surface area contributed by atoms with Gasteiger partial charge in [0.15, 0.2) is 0 Å². The summed E-state index contributed by atoms with van der Waals surface area (Å²) in [5, 5.41) is 3.86. The fraction of sp³-hybridized carbons (Fsp3) is 0.357. The molecule has 1 aliphatic rings. The van der Waals surface area contributed by atoms with Crippen LogP contribution in [0.15, 0.2) is 28.8 Å². The minimum atomic E-state index is 0.105. The molecule has 1 saturated heterocycles. The van der Waals surface area contributed by atoms with E-state index in [0.717, 1.165) is 31.5 Å². The molecule has 0 saturated carbocycles. The minimum Gasteiger partial charge on any atom is -0.339 e. The SMILES string of the molecule is Cc1nc(-c2ccc(C(=O)N3CCCC3)cc2)no1. The lowest BCUT2D eigenvalue weighted by Crippen LogP contribution is -2.27. The van der Waals surface area contributed by atoms with E-state index in [1.54, 1.807) is 6.92 Å². The van der Waals surface area contributed by atoms with E-state index in [0.29, 0.717) is 17.3 Å². The molecule has 1 aromatic carbocycles. The molecule has 0 spiro atoms. The van der Waals surface area contributed by atoms with Gasteiger partial charge in [0.05, 0.1) is 0 Å². The van der Waals surface area contributed by atoms with Crippen LogP contribution < -0.4 is 0 Å². The molecule has 0 aliphatic carbocycles. The van der Waals surface area contributed by atoms with Gasteiger partial charge in [-0.15, -0.1) is 0 Å². The quantitative estimate of drug-likeness (QED) is 0.828. The maximum absolute atomic E-state index is 12.2. The van der Waals surface area contributed by atoms with Gasteiger partial charge in [0.25, 0.3) is 5.91 Å². The highest BCUT2D eigenvalue weighted by atomic mass is 16.5. The number of rotatable bonds is 2. The first-order valence-corrected chi connectivity index (χ1v) is 6.44. The van der Waals surface area contributed by atoms with Crippen molar-refractivity contribution in [2.75, 3.05) is 13.1 Å². The van der Waals surface area contributed by atoms with Gasteiger partial charge in [0.2, 0.25) is 11.7 Å². The van der Waals surface area contributed by atoms with E-state index in [1.807, 2.05) is 29.2 Å². The maximum atomic E-state index is 12.2. The van der Waals surface area contributed by atoms with Gasteiger partial charge in [0.1, 0.15) is 0 Å².